The number of carboxylic acid groups (broad SMARTS) is 1. The number of amides is 1. The fourth-order valence-electron chi connectivity index (χ4n) is 2.41. The van der Waals surface area contributed by atoms with Crippen molar-refractivity contribution < 1.29 is 14.6 Å². The highest BCUT2D eigenvalue weighted by Crippen LogP contribution is 2.30. The summed E-state index contributed by atoms with van der Waals surface area (Å²) >= 11 is 8.34. The molecule has 0 aliphatic heterocycles. The Labute approximate surface area is 172 Å². The minimum absolute atomic E-state index is 0.244. The number of ether oxygens (including phenoxy) is 1. The SMILES string of the molecule is CC(C)(C)[C@H](Cc1cc(OCc2ccccc2)c(Cl)nc1I)NC(=O)O. The molecule has 0 radical (unpaired) electrons. The van der Waals surface area contributed by atoms with Gasteiger partial charge in [0, 0.05) is 6.04 Å². The first kappa shape index (κ1) is 20.8. The van der Waals surface area contributed by atoms with Crippen molar-refractivity contribution in [3.63, 3.8) is 0 Å². The van der Waals surface area contributed by atoms with Crippen LogP contribution in [0.25, 0.3) is 0 Å². The van der Waals surface area contributed by atoms with E-state index in [1.165, 1.54) is 0 Å². The third kappa shape index (κ3) is 6.02. The summed E-state index contributed by atoms with van der Waals surface area (Å²) in [4.78, 5) is 15.5. The van der Waals surface area contributed by atoms with Gasteiger partial charge in [0.25, 0.3) is 0 Å². The second-order valence-electron chi connectivity index (χ2n) is 7.07. The standard InChI is InChI=1S/C19H22ClIN2O3/c1-19(2,3)15(22-18(24)25)10-13-9-14(16(20)23-17(13)21)26-11-12-7-5-4-6-8-12/h4-9,15,22H,10-11H2,1-3H3,(H,24,25)/t15-/m0/s1. The van der Waals surface area contributed by atoms with Crippen molar-refractivity contribution in [2.45, 2.75) is 39.8 Å². The molecule has 2 aromatic rings. The third-order valence-electron chi connectivity index (χ3n) is 3.97. The molecular formula is C19H22ClIN2O3. The average molecular weight is 489 g/mol. The Kier molecular flexibility index (Phi) is 7.11. The molecule has 26 heavy (non-hydrogen) atoms. The van der Waals surface area contributed by atoms with E-state index in [0.717, 1.165) is 14.8 Å². The van der Waals surface area contributed by atoms with Crippen molar-refractivity contribution in [3.05, 3.63) is 56.4 Å². The van der Waals surface area contributed by atoms with Gasteiger partial charge in [-0.2, -0.15) is 0 Å². The van der Waals surface area contributed by atoms with Gasteiger partial charge in [-0.05, 0) is 51.6 Å². The molecule has 140 valence electrons. The molecule has 7 heteroatoms. The zero-order chi connectivity index (χ0) is 19.3. The maximum Gasteiger partial charge on any atom is 0.404 e. The van der Waals surface area contributed by atoms with E-state index in [2.05, 4.69) is 32.9 Å². The number of pyridine rings is 1. The summed E-state index contributed by atoms with van der Waals surface area (Å²) in [5.74, 6) is 0.494. The van der Waals surface area contributed by atoms with Gasteiger partial charge in [0.1, 0.15) is 10.3 Å². The fourth-order valence-corrected chi connectivity index (χ4v) is 3.37. The number of nitrogens with zero attached hydrogens (tertiary/aromatic N) is 1. The predicted octanol–water partition coefficient (Wildman–Crippen LogP) is 5.14. The highest BCUT2D eigenvalue weighted by molar-refractivity contribution is 14.1. The van der Waals surface area contributed by atoms with Crippen LogP contribution >= 0.6 is 34.2 Å². The van der Waals surface area contributed by atoms with Crippen LogP contribution in [-0.2, 0) is 13.0 Å². The zero-order valence-electron chi connectivity index (χ0n) is 14.9. The van der Waals surface area contributed by atoms with Gasteiger partial charge in [-0.3, -0.25) is 0 Å². The summed E-state index contributed by atoms with van der Waals surface area (Å²) in [5.41, 5.74) is 1.68. The normalized spacial score (nSPS) is 12.5. The molecule has 0 aliphatic carbocycles. The molecule has 0 saturated heterocycles. The average Bonchev–Trinajstić information content (AvgIpc) is 2.55. The molecule has 0 saturated carbocycles. The molecule has 0 aliphatic rings. The highest BCUT2D eigenvalue weighted by Gasteiger charge is 2.27. The first-order chi connectivity index (χ1) is 12.2. The van der Waals surface area contributed by atoms with Gasteiger partial charge in [-0.25, -0.2) is 9.78 Å². The van der Waals surface area contributed by atoms with Crippen LogP contribution in [0.15, 0.2) is 36.4 Å². The molecule has 1 aromatic carbocycles. The Morgan fingerprint density at radius 3 is 2.58 bits per heavy atom. The van der Waals surface area contributed by atoms with Crippen LogP contribution in [-0.4, -0.2) is 22.2 Å². The number of halogens is 2. The number of benzene rings is 1. The summed E-state index contributed by atoms with van der Waals surface area (Å²) in [6, 6.07) is 11.4. The molecule has 5 nitrogen and oxygen atoms in total. The van der Waals surface area contributed by atoms with Gasteiger partial charge in [0.05, 0.1) is 0 Å². The van der Waals surface area contributed by atoms with Crippen molar-refractivity contribution in [2.75, 3.05) is 0 Å². The molecule has 1 amide bonds. The first-order valence-corrected chi connectivity index (χ1v) is 9.63. The van der Waals surface area contributed by atoms with Gasteiger partial charge >= 0.3 is 6.09 Å². The number of nitrogens with one attached hydrogen (secondary N) is 1. The molecule has 1 atom stereocenters. The van der Waals surface area contributed by atoms with Crippen molar-refractivity contribution >= 4 is 40.3 Å². The van der Waals surface area contributed by atoms with Crippen LogP contribution in [0.2, 0.25) is 5.15 Å². The summed E-state index contributed by atoms with van der Waals surface area (Å²) in [7, 11) is 0. The lowest BCUT2D eigenvalue weighted by Crippen LogP contribution is -2.44. The lowest BCUT2D eigenvalue weighted by molar-refractivity contribution is 0.174. The Morgan fingerprint density at radius 2 is 2.00 bits per heavy atom. The maximum absolute atomic E-state index is 11.1. The first-order valence-electron chi connectivity index (χ1n) is 8.18. The van der Waals surface area contributed by atoms with Crippen LogP contribution in [0, 0.1) is 9.12 Å². The van der Waals surface area contributed by atoms with E-state index in [9.17, 15) is 4.79 Å². The second-order valence-corrected chi connectivity index (χ2v) is 8.45. The van der Waals surface area contributed by atoms with E-state index in [-0.39, 0.29) is 11.5 Å². The van der Waals surface area contributed by atoms with Crippen molar-refractivity contribution in [3.8, 4) is 5.75 Å². The molecule has 1 heterocycles. The zero-order valence-corrected chi connectivity index (χ0v) is 17.8. The van der Waals surface area contributed by atoms with Crippen LogP contribution < -0.4 is 10.1 Å². The fraction of sp³-hybridized carbons (Fsp3) is 0.368. The molecule has 1 aromatic heterocycles. The van der Waals surface area contributed by atoms with Crippen LogP contribution in [0.5, 0.6) is 5.75 Å². The Hall–Kier alpha value is -1.54. The topological polar surface area (TPSA) is 71.5 Å². The summed E-state index contributed by atoms with van der Waals surface area (Å²) in [6.45, 7) is 6.38. The van der Waals surface area contributed by atoms with Gasteiger partial charge in [-0.1, -0.05) is 62.7 Å². The molecule has 0 unspecified atom stereocenters. The Balaban J connectivity index is 2.21. The van der Waals surface area contributed by atoms with Crippen molar-refractivity contribution in [1.82, 2.24) is 10.3 Å². The number of hydrogen-bond acceptors (Lipinski definition) is 3. The lowest BCUT2D eigenvalue weighted by Gasteiger charge is -2.31. The largest absolute Gasteiger partial charge is 0.486 e. The van der Waals surface area contributed by atoms with Gasteiger partial charge in [0.2, 0.25) is 0 Å². The number of aromatic nitrogens is 1. The highest BCUT2D eigenvalue weighted by atomic mass is 127. The quantitative estimate of drug-likeness (QED) is 0.436. The van der Waals surface area contributed by atoms with Crippen LogP contribution in [0.1, 0.15) is 31.9 Å². The summed E-state index contributed by atoms with van der Waals surface area (Å²) in [5, 5.41) is 12.0. The van der Waals surface area contributed by atoms with Gasteiger partial charge in [0.15, 0.2) is 10.9 Å². The van der Waals surface area contributed by atoms with Gasteiger partial charge < -0.3 is 15.2 Å². The predicted molar refractivity (Wildman–Crippen MR) is 111 cm³/mol. The van der Waals surface area contributed by atoms with E-state index in [4.69, 9.17) is 21.4 Å². The molecule has 2 N–H and O–H groups in total. The number of hydrogen-bond donors (Lipinski definition) is 2. The minimum atomic E-state index is -1.04. The van der Waals surface area contributed by atoms with E-state index in [0.29, 0.717) is 23.9 Å². The molecule has 0 fully saturated rings. The maximum atomic E-state index is 11.1. The van der Waals surface area contributed by atoms with Crippen molar-refractivity contribution in [1.29, 1.82) is 0 Å². The number of carbonyl (C=O) groups is 1. The molecular weight excluding hydrogens is 467 g/mol. The van der Waals surface area contributed by atoms with E-state index in [1.807, 2.05) is 57.2 Å². The summed E-state index contributed by atoms with van der Waals surface area (Å²) in [6.07, 6.45) is -0.539. The van der Waals surface area contributed by atoms with E-state index >= 15 is 0 Å². The molecule has 0 spiro atoms. The van der Waals surface area contributed by atoms with Gasteiger partial charge in [-0.15, -0.1) is 0 Å². The molecule has 2 rings (SSSR count). The smallest absolute Gasteiger partial charge is 0.404 e. The third-order valence-corrected chi connectivity index (χ3v) is 5.18. The minimum Gasteiger partial charge on any atom is -0.486 e. The Morgan fingerprint density at radius 1 is 1.35 bits per heavy atom. The van der Waals surface area contributed by atoms with E-state index < -0.39 is 6.09 Å². The Bertz CT molecular complexity index is 763. The van der Waals surface area contributed by atoms with Crippen LogP contribution in [0.3, 0.4) is 0 Å². The lowest BCUT2D eigenvalue weighted by atomic mass is 9.83. The van der Waals surface area contributed by atoms with Crippen LogP contribution in [0.4, 0.5) is 4.79 Å². The monoisotopic (exact) mass is 488 g/mol. The number of rotatable bonds is 6. The van der Waals surface area contributed by atoms with Crippen molar-refractivity contribution in [2.24, 2.45) is 5.41 Å². The van der Waals surface area contributed by atoms with E-state index in [1.54, 1.807) is 0 Å². The second kappa shape index (κ2) is 8.90. The summed E-state index contributed by atoms with van der Waals surface area (Å²) < 4.78 is 6.57. The molecule has 0 bridgehead atoms.